The molecule has 0 bridgehead atoms. The average molecular weight is 289 g/mol. The second-order valence-electron chi connectivity index (χ2n) is 4.87. The molecule has 3 nitrogen and oxygen atoms in total. The Morgan fingerprint density at radius 2 is 1.83 bits per heavy atom. The first-order valence-corrected chi connectivity index (χ1v) is 6.13. The fraction of sp³-hybridized carbons (Fsp3) is 0.385. The van der Waals surface area contributed by atoms with Gasteiger partial charge in [0.25, 0.3) is 0 Å². The number of rotatable bonds is 3. The Morgan fingerprint density at radius 1 is 1.22 bits per heavy atom. The number of ketones is 1. The molecule has 0 aromatic heterocycles. The molecule has 0 amide bonds. The van der Waals surface area contributed by atoms with Gasteiger partial charge in [0, 0.05) is 10.4 Å². The average Bonchev–Trinajstić information content (AvgIpc) is 2.27. The smallest absolute Gasteiger partial charge is 0.340 e. The third kappa shape index (κ3) is 4.00. The molecular weight excluding hydrogens is 275 g/mol. The zero-order valence-electron chi connectivity index (χ0n) is 10.4. The van der Waals surface area contributed by atoms with E-state index in [9.17, 15) is 9.59 Å². The van der Waals surface area contributed by atoms with E-state index in [1.807, 2.05) is 0 Å². The van der Waals surface area contributed by atoms with Crippen LogP contribution in [0.15, 0.2) is 18.2 Å². The molecule has 0 aliphatic carbocycles. The van der Waals surface area contributed by atoms with Crippen molar-refractivity contribution in [1.29, 1.82) is 0 Å². The largest absolute Gasteiger partial charge is 0.454 e. The van der Waals surface area contributed by atoms with Gasteiger partial charge in [-0.25, -0.2) is 4.79 Å². The minimum Gasteiger partial charge on any atom is -0.454 e. The Labute approximate surface area is 116 Å². The molecule has 5 heteroatoms. The lowest BCUT2D eigenvalue weighted by molar-refractivity contribution is -0.129. The highest BCUT2D eigenvalue weighted by molar-refractivity contribution is 6.35. The molecule has 0 aliphatic heterocycles. The van der Waals surface area contributed by atoms with E-state index in [1.54, 1.807) is 26.8 Å². The van der Waals surface area contributed by atoms with E-state index < -0.39 is 11.4 Å². The standard InChI is InChI=1S/C13H14Cl2O3/c1-13(2,3)11(16)7-18-12(17)9-6-8(14)4-5-10(9)15/h4-6H,7H2,1-3H3. The molecule has 1 aromatic carbocycles. The van der Waals surface area contributed by atoms with Gasteiger partial charge in [0.05, 0.1) is 10.6 Å². The Balaban J connectivity index is 2.72. The molecular formula is C13H14Cl2O3. The van der Waals surface area contributed by atoms with Crippen molar-refractivity contribution in [3.8, 4) is 0 Å². The van der Waals surface area contributed by atoms with Crippen LogP contribution in [0.3, 0.4) is 0 Å². The van der Waals surface area contributed by atoms with Crippen molar-refractivity contribution >= 4 is 35.0 Å². The lowest BCUT2D eigenvalue weighted by Gasteiger charge is -2.16. The molecule has 0 fully saturated rings. The van der Waals surface area contributed by atoms with E-state index in [0.29, 0.717) is 5.02 Å². The van der Waals surface area contributed by atoms with Gasteiger partial charge in [-0.05, 0) is 18.2 Å². The highest BCUT2D eigenvalue weighted by Crippen LogP contribution is 2.22. The van der Waals surface area contributed by atoms with Gasteiger partial charge in [0.1, 0.15) is 0 Å². The molecule has 0 atom stereocenters. The summed E-state index contributed by atoms with van der Waals surface area (Å²) in [5, 5.41) is 0.626. The van der Waals surface area contributed by atoms with Crippen molar-refractivity contribution in [2.24, 2.45) is 5.41 Å². The van der Waals surface area contributed by atoms with E-state index in [2.05, 4.69) is 0 Å². The van der Waals surface area contributed by atoms with Crippen LogP contribution in [-0.4, -0.2) is 18.4 Å². The summed E-state index contributed by atoms with van der Waals surface area (Å²) in [5.41, 5.74) is -0.385. The topological polar surface area (TPSA) is 43.4 Å². The number of carbonyl (C=O) groups is 2. The second kappa shape index (κ2) is 5.72. The third-order valence-corrected chi connectivity index (χ3v) is 2.88. The van der Waals surface area contributed by atoms with Crippen LogP contribution in [0, 0.1) is 5.41 Å². The second-order valence-corrected chi connectivity index (χ2v) is 5.72. The molecule has 1 rings (SSSR count). The first kappa shape index (κ1) is 15.0. The zero-order valence-corrected chi connectivity index (χ0v) is 11.9. The Morgan fingerprint density at radius 3 is 2.39 bits per heavy atom. The maximum absolute atomic E-state index is 11.7. The van der Waals surface area contributed by atoms with E-state index in [4.69, 9.17) is 27.9 Å². The summed E-state index contributed by atoms with van der Waals surface area (Å²) in [4.78, 5) is 23.3. The van der Waals surface area contributed by atoms with E-state index in [0.717, 1.165) is 0 Å². The van der Waals surface area contributed by atoms with Gasteiger partial charge < -0.3 is 4.74 Å². The van der Waals surface area contributed by atoms with E-state index in [-0.39, 0.29) is 23.0 Å². The summed E-state index contributed by atoms with van der Waals surface area (Å²) in [6.45, 7) is 5.01. The van der Waals surface area contributed by atoms with Gasteiger partial charge in [0.15, 0.2) is 12.4 Å². The van der Waals surface area contributed by atoms with Crippen molar-refractivity contribution < 1.29 is 14.3 Å². The highest BCUT2D eigenvalue weighted by atomic mass is 35.5. The number of halogens is 2. The summed E-state index contributed by atoms with van der Waals surface area (Å²) < 4.78 is 4.92. The molecule has 0 heterocycles. The van der Waals surface area contributed by atoms with Gasteiger partial charge in [-0.2, -0.15) is 0 Å². The number of carbonyl (C=O) groups excluding carboxylic acids is 2. The summed E-state index contributed by atoms with van der Waals surface area (Å²) in [5.74, 6) is -0.811. The van der Waals surface area contributed by atoms with Crippen molar-refractivity contribution in [2.75, 3.05) is 6.61 Å². The van der Waals surface area contributed by atoms with E-state index >= 15 is 0 Å². The number of esters is 1. The third-order valence-electron chi connectivity index (χ3n) is 2.32. The number of benzene rings is 1. The SMILES string of the molecule is CC(C)(C)C(=O)COC(=O)c1cc(Cl)ccc1Cl. The number of Topliss-reactive ketones (excluding diaryl/α,β-unsaturated/α-hetero) is 1. The summed E-state index contributed by atoms with van der Waals surface area (Å²) >= 11 is 11.6. The molecule has 0 radical (unpaired) electrons. The van der Waals surface area contributed by atoms with Gasteiger partial charge in [0.2, 0.25) is 0 Å². The summed E-state index contributed by atoms with van der Waals surface area (Å²) in [6, 6.07) is 4.49. The lowest BCUT2D eigenvalue weighted by Crippen LogP contribution is -2.26. The van der Waals surface area contributed by atoms with Gasteiger partial charge in [-0.1, -0.05) is 44.0 Å². The quantitative estimate of drug-likeness (QED) is 0.796. The summed E-state index contributed by atoms with van der Waals surface area (Å²) in [6.07, 6.45) is 0. The van der Waals surface area contributed by atoms with Crippen LogP contribution in [-0.2, 0) is 9.53 Å². The minimum absolute atomic E-state index is 0.158. The highest BCUT2D eigenvalue weighted by Gasteiger charge is 2.23. The maximum Gasteiger partial charge on any atom is 0.340 e. The van der Waals surface area contributed by atoms with Crippen molar-refractivity contribution in [2.45, 2.75) is 20.8 Å². The zero-order chi connectivity index (χ0) is 13.9. The van der Waals surface area contributed by atoms with Gasteiger partial charge in [-0.3, -0.25) is 4.79 Å². The number of hydrogen-bond acceptors (Lipinski definition) is 3. The Kier molecular flexibility index (Phi) is 4.77. The molecule has 0 unspecified atom stereocenters. The first-order chi connectivity index (χ1) is 8.21. The Hall–Kier alpha value is -1.06. The number of ether oxygens (including phenoxy) is 1. The number of hydrogen-bond donors (Lipinski definition) is 0. The van der Waals surface area contributed by atoms with Crippen molar-refractivity contribution in [3.63, 3.8) is 0 Å². The van der Waals surface area contributed by atoms with Crippen LogP contribution in [0.25, 0.3) is 0 Å². The predicted molar refractivity (Wildman–Crippen MR) is 71.2 cm³/mol. The molecule has 0 saturated heterocycles. The lowest BCUT2D eigenvalue weighted by atomic mass is 9.91. The molecule has 1 aromatic rings. The molecule has 0 aliphatic rings. The molecule has 0 saturated carbocycles. The van der Waals surface area contributed by atoms with Crippen molar-refractivity contribution in [1.82, 2.24) is 0 Å². The van der Waals surface area contributed by atoms with Crippen LogP contribution in [0.4, 0.5) is 0 Å². The van der Waals surface area contributed by atoms with Crippen LogP contribution in [0.5, 0.6) is 0 Å². The van der Waals surface area contributed by atoms with E-state index in [1.165, 1.54) is 12.1 Å². The maximum atomic E-state index is 11.7. The fourth-order valence-corrected chi connectivity index (χ4v) is 1.45. The van der Waals surface area contributed by atoms with Crippen LogP contribution in [0.2, 0.25) is 10.0 Å². The Bertz CT molecular complexity index is 476. The van der Waals surface area contributed by atoms with Crippen LogP contribution < -0.4 is 0 Å². The van der Waals surface area contributed by atoms with Crippen molar-refractivity contribution in [3.05, 3.63) is 33.8 Å². The molecule has 0 spiro atoms. The van der Waals surface area contributed by atoms with Gasteiger partial charge in [-0.15, -0.1) is 0 Å². The molecule has 98 valence electrons. The fourth-order valence-electron chi connectivity index (χ4n) is 1.08. The molecule has 18 heavy (non-hydrogen) atoms. The normalized spacial score (nSPS) is 11.2. The van der Waals surface area contributed by atoms with Gasteiger partial charge >= 0.3 is 5.97 Å². The van der Waals surface area contributed by atoms with Crippen LogP contribution >= 0.6 is 23.2 Å². The first-order valence-electron chi connectivity index (χ1n) is 5.37. The molecule has 0 N–H and O–H groups in total. The van der Waals surface area contributed by atoms with Crippen LogP contribution in [0.1, 0.15) is 31.1 Å². The minimum atomic E-state index is -0.653. The summed E-state index contributed by atoms with van der Waals surface area (Å²) in [7, 11) is 0. The monoisotopic (exact) mass is 288 g/mol. The predicted octanol–water partition coefficient (Wildman–Crippen LogP) is 3.77.